The van der Waals surface area contributed by atoms with Crippen LogP contribution in [0.4, 0.5) is 17.6 Å². The summed E-state index contributed by atoms with van der Waals surface area (Å²) < 4.78 is 74.7. The van der Waals surface area contributed by atoms with Crippen LogP contribution in [0, 0.1) is 29.2 Å². The molecule has 0 saturated heterocycles. The van der Waals surface area contributed by atoms with Gasteiger partial charge >= 0.3 is 5.97 Å². The Labute approximate surface area is 225 Å². The lowest BCUT2D eigenvalue weighted by atomic mass is 9.78. The van der Waals surface area contributed by atoms with Gasteiger partial charge < -0.3 is 14.2 Å². The fourth-order valence-corrected chi connectivity index (χ4v) is 4.79. The number of hydrogen-bond acceptors (Lipinski definition) is 4. The van der Waals surface area contributed by atoms with Crippen LogP contribution in [0.25, 0.3) is 11.1 Å². The van der Waals surface area contributed by atoms with E-state index < -0.39 is 40.9 Å². The first kappa shape index (κ1) is 28.2. The molecule has 0 heterocycles. The van der Waals surface area contributed by atoms with Crippen molar-refractivity contribution in [3.8, 4) is 28.4 Å². The van der Waals surface area contributed by atoms with Crippen molar-refractivity contribution in [2.45, 2.75) is 44.9 Å². The topological polar surface area (TPSA) is 44.8 Å². The predicted octanol–water partition coefficient (Wildman–Crippen LogP) is 8.14. The largest absolute Gasteiger partial charge is 0.494 e. The first-order valence-electron chi connectivity index (χ1n) is 13.0. The van der Waals surface area contributed by atoms with Crippen molar-refractivity contribution in [1.82, 2.24) is 0 Å². The third kappa shape index (κ3) is 6.44. The molecule has 39 heavy (non-hydrogen) atoms. The van der Waals surface area contributed by atoms with Crippen LogP contribution in [0.3, 0.4) is 0 Å². The number of halogens is 4. The van der Waals surface area contributed by atoms with E-state index in [1.54, 1.807) is 30.3 Å². The second-order valence-electron chi connectivity index (χ2n) is 9.37. The average molecular weight is 543 g/mol. The molecule has 0 N–H and O–H groups in total. The van der Waals surface area contributed by atoms with E-state index in [-0.39, 0.29) is 29.4 Å². The van der Waals surface area contributed by atoms with Gasteiger partial charge in [-0.15, -0.1) is 6.58 Å². The fourth-order valence-electron chi connectivity index (χ4n) is 4.79. The van der Waals surface area contributed by atoms with Crippen molar-refractivity contribution in [2.24, 2.45) is 5.92 Å². The SMILES string of the molecule is C=CCCOc1ccc(C2CCC(C(=O)Oc3ccc(-c4ccc(OCC)cc4)c(F)c3F)CC2)c(F)c1F. The highest BCUT2D eigenvalue weighted by Crippen LogP contribution is 2.39. The molecular weight excluding hydrogens is 512 g/mol. The van der Waals surface area contributed by atoms with Gasteiger partial charge in [0.2, 0.25) is 11.6 Å². The first-order chi connectivity index (χ1) is 18.8. The number of benzene rings is 3. The Balaban J connectivity index is 1.37. The van der Waals surface area contributed by atoms with Crippen LogP contribution >= 0.6 is 0 Å². The second-order valence-corrected chi connectivity index (χ2v) is 9.37. The van der Waals surface area contributed by atoms with Crippen LogP contribution in [0.15, 0.2) is 61.2 Å². The lowest BCUT2D eigenvalue weighted by Crippen LogP contribution is -2.26. The van der Waals surface area contributed by atoms with Gasteiger partial charge in [0.05, 0.1) is 19.1 Å². The van der Waals surface area contributed by atoms with E-state index >= 15 is 0 Å². The molecule has 3 aromatic rings. The predicted molar refractivity (Wildman–Crippen MR) is 140 cm³/mol. The molecule has 0 aromatic heterocycles. The van der Waals surface area contributed by atoms with Crippen LogP contribution in [0.1, 0.15) is 50.5 Å². The van der Waals surface area contributed by atoms with Crippen molar-refractivity contribution in [3.05, 3.63) is 90.0 Å². The summed E-state index contributed by atoms with van der Waals surface area (Å²) in [7, 11) is 0. The van der Waals surface area contributed by atoms with Gasteiger partial charge in [-0.25, -0.2) is 8.78 Å². The van der Waals surface area contributed by atoms with Crippen LogP contribution < -0.4 is 14.2 Å². The molecule has 1 aliphatic carbocycles. The number of esters is 1. The van der Waals surface area contributed by atoms with Gasteiger partial charge in [0, 0.05) is 5.56 Å². The maximum atomic E-state index is 14.8. The molecule has 0 spiro atoms. The summed E-state index contributed by atoms with van der Waals surface area (Å²) in [5.41, 5.74) is 0.710. The van der Waals surface area contributed by atoms with E-state index in [9.17, 15) is 22.4 Å². The molecule has 3 aromatic carbocycles. The molecule has 4 nitrogen and oxygen atoms in total. The van der Waals surface area contributed by atoms with Gasteiger partial charge in [-0.3, -0.25) is 4.79 Å². The Bertz CT molecular complexity index is 1320. The number of carbonyl (C=O) groups excluding carboxylic acids is 1. The average Bonchev–Trinajstić information content (AvgIpc) is 2.95. The molecule has 8 heteroatoms. The van der Waals surface area contributed by atoms with E-state index in [4.69, 9.17) is 14.2 Å². The summed E-state index contributed by atoms with van der Waals surface area (Å²) in [6, 6.07) is 12.1. The molecular formula is C31H30F4O4. The molecule has 0 atom stereocenters. The van der Waals surface area contributed by atoms with Gasteiger partial charge in [-0.2, -0.15) is 8.78 Å². The van der Waals surface area contributed by atoms with Gasteiger partial charge in [0.15, 0.2) is 23.1 Å². The Hall–Kier alpha value is -3.81. The van der Waals surface area contributed by atoms with E-state index in [2.05, 4.69) is 6.58 Å². The quantitative estimate of drug-likeness (QED) is 0.0853. The Morgan fingerprint density at radius 2 is 1.51 bits per heavy atom. The van der Waals surface area contributed by atoms with Gasteiger partial charge in [-0.05, 0) is 86.4 Å². The van der Waals surface area contributed by atoms with Crippen LogP contribution in [-0.4, -0.2) is 19.2 Å². The molecule has 206 valence electrons. The minimum atomic E-state index is -1.25. The maximum absolute atomic E-state index is 14.8. The lowest BCUT2D eigenvalue weighted by Gasteiger charge is -2.28. The Kier molecular flexibility index (Phi) is 9.28. The minimum Gasteiger partial charge on any atom is -0.494 e. The third-order valence-corrected chi connectivity index (χ3v) is 6.89. The molecule has 1 aliphatic rings. The zero-order valence-corrected chi connectivity index (χ0v) is 21.7. The number of carbonyl (C=O) groups is 1. The first-order valence-corrected chi connectivity index (χ1v) is 13.0. The van der Waals surface area contributed by atoms with Crippen LogP contribution in [-0.2, 0) is 4.79 Å². The van der Waals surface area contributed by atoms with E-state index in [0.717, 1.165) is 0 Å². The van der Waals surface area contributed by atoms with E-state index in [1.807, 2.05) is 6.92 Å². The molecule has 4 rings (SSSR count). The van der Waals surface area contributed by atoms with Crippen molar-refractivity contribution >= 4 is 5.97 Å². The number of rotatable bonds is 10. The monoisotopic (exact) mass is 542 g/mol. The van der Waals surface area contributed by atoms with Gasteiger partial charge in [-0.1, -0.05) is 24.3 Å². The summed E-state index contributed by atoms with van der Waals surface area (Å²) in [5, 5.41) is 0. The molecule has 0 aliphatic heterocycles. The fraction of sp³-hybridized carbons (Fsp3) is 0.323. The highest BCUT2D eigenvalue weighted by molar-refractivity contribution is 5.76. The Morgan fingerprint density at radius 3 is 2.18 bits per heavy atom. The van der Waals surface area contributed by atoms with Gasteiger partial charge in [0.25, 0.3) is 0 Å². The molecule has 0 amide bonds. The Morgan fingerprint density at radius 1 is 0.846 bits per heavy atom. The van der Waals surface area contributed by atoms with Crippen molar-refractivity contribution in [2.75, 3.05) is 13.2 Å². The smallest absolute Gasteiger partial charge is 0.314 e. The molecule has 1 saturated carbocycles. The summed E-state index contributed by atoms with van der Waals surface area (Å²) >= 11 is 0. The normalized spacial score (nSPS) is 16.9. The highest BCUT2D eigenvalue weighted by Gasteiger charge is 2.31. The zero-order chi connectivity index (χ0) is 27.9. The summed E-state index contributed by atoms with van der Waals surface area (Å²) in [6.07, 6.45) is 3.65. The summed E-state index contributed by atoms with van der Waals surface area (Å²) in [6.45, 7) is 6.08. The van der Waals surface area contributed by atoms with Crippen LogP contribution in [0.5, 0.6) is 17.2 Å². The van der Waals surface area contributed by atoms with Crippen molar-refractivity contribution in [3.63, 3.8) is 0 Å². The molecule has 0 unspecified atom stereocenters. The standard InChI is InChI=1S/C31H30F4O4/c1-3-5-18-38-25-16-14-23(27(32)29(25)34)19-6-8-21(9-7-19)31(36)39-26-17-15-24(28(33)30(26)35)20-10-12-22(13-11-20)37-4-2/h3,10-17,19,21H,1,4-9,18H2,2H3. The molecule has 0 bridgehead atoms. The number of hydrogen-bond donors (Lipinski definition) is 0. The zero-order valence-electron chi connectivity index (χ0n) is 21.7. The van der Waals surface area contributed by atoms with E-state index in [0.29, 0.717) is 50.0 Å². The van der Waals surface area contributed by atoms with Gasteiger partial charge in [0.1, 0.15) is 5.75 Å². The lowest BCUT2D eigenvalue weighted by molar-refractivity contribution is -0.140. The second kappa shape index (κ2) is 12.8. The van der Waals surface area contributed by atoms with Crippen LogP contribution in [0.2, 0.25) is 0 Å². The molecule has 1 fully saturated rings. The minimum absolute atomic E-state index is 0.0299. The van der Waals surface area contributed by atoms with Crippen molar-refractivity contribution < 1.29 is 36.6 Å². The van der Waals surface area contributed by atoms with E-state index in [1.165, 1.54) is 24.3 Å². The third-order valence-electron chi connectivity index (χ3n) is 6.89. The molecule has 0 radical (unpaired) electrons. The summed E-state index contributed by atoms with van der Waals surface area (Å²) in [5.74, 6) is -5.94. The maximum Gasteiger partial charge on any atom is 0.314 e. The number of ether oxygens (including phenoxy) is 3. The van der Waals surface area contributed by atoms with Crippen molar-refractivity contribution in [1.29, 1.82) is 0 Å². The highest BCUT2D eigenvalue weighted by atomic mass is 19.2. The summed E-state index contributed by atoms with van der Waals surface area (Å²) in [4.78, 5) is 12.7.